The molecular formula is C27H37NO5. The maximum Gasteiger partial charge on any atom is 0.281 e. The molecule has 33 heavy (non-hydrogen) atoms. The number of ketones is 1. The zero-order valence-corrected chi connectivity index (χ0v) is 20.9. The van der Waals surface area contributed by atoms with Gasteiger partial charge < -0.3 is 9.47 Å². The number of amides is 1. The van der Waals surface area contributed by atoms with E-state index in [-0.39, 0.29) is 24.4 Å². The van der Waals surface area contributed by atoms with Crippen molar-refractivity contribution in [3.05, 3.63) is 58.7 Å². The summed E-state index contributed by atoms with van der Waals surface area (Å²) in [6, 6.07) is 12.2. The van der Waals surface area contributed by atoms with Gasteiger partial charge in [0.15, 0.2) is 12.4 Å². The Labute approximate surface area is 197 Å². The lowest BCUT2D eigenvalue weighted by Crippen LogP contribution is -2.27. The van der Waals surface area contributed by atoms with Crippen molar-refractivity contribution in [2.75, 3.05) is 13.2 Å². The van der Waals surface area contributed by atoms with Crippen LogP contribution in [-0.2, 0) is 15.0 Å². The lowest BCUT2D eigenvalue weighted by atomic mass is 9.70. The molecule has 0 saturated heterocycles. The number of carbonyl (C=O) groups is 2. The van der Waals surface area contributed by atoms with Crippen molar-refractivity contribution in [1.29, 1.82) is 0 Å². The Morgan fingerprint density at radius 1 is 0.848 bits per heavy atom. The standard InChI is InChI=1S/C27H37NO5/c1-8-27(9-2,21-11-13-23(19(4)15-21)33-17-25(30)28-31)20-10-12-22(18(3)14-20)32-16-24(29)26(5,6)7/h10-15,31H,8-9,16-17H2,1-7H3,(H,28,30). The minimum absolute atomic E-state index is 0.0609. The van der Waals surface area contributed by atoms with Crippen molar-refractivity contribution in [3.8, 4) is 11.5 Å². The second kappa shape index (κ2) is 10.8. The molecule has 0 radical (unpaired) electrons. The normalized spacial score (nSPS) is 11.8. The summed E-state index contributed by atoms with van der Waals surface area (Å²) in [5.41, 5.74) is 5.21. The second-order valence-electron chi connectivity index (χ2n) is 9.54. The lowest BCUT2D eigenvalue weighted by molar-refractivity contribution is -0.131. The number of hydrogen-bond acceptors (Lipinski definition) is 5. The number of hydrogen-bond donors (Lipinski definition) is 2. The van der Waals surface area contributed by atoms with E-state index in [0.717, 1.165) is 29.7 Å². The summed E-state index contributed by atoms with van der Waals surface area (Å²) in [4.78, 5) is 23.5. The fourth-order valence-electron chi connectivity index (χ4n) is 3.99. The largest absolute Gasteiger partial charge is 0.486 e. The van der Waals surface area contributed by atoms with Gasteiger partial charge in [-0.2, -0.15) is 0 Å². The third kappa shape index (κ3) is 6.14. The van der Waals surface area contributed by atoms with Crippen LogP contribution >= 0.6 is 0 Å². The molecule has 0 spiro atoms. The Morgan fingerprint density at radius 2 is 1.30 bits per heavy atom. The summed E-state index contributed by atoms with van der Waals surface area (Å²) in [5.74, 6) is 0.792. The maximum atomic E-state index is 12.2. The molecule has 2 rings (SSSR count). The molecule has 0 aliphatic rings. The third-order valence-corrected chi connectivity index (χ3v) is 6.34. The Kier molecular flexibility index (Phi) is 8.67. The predicted octanol–water partition coefficient (Wildman–Crippen LogP) is 5.29. The highest BCUT2D eigenvalue weighted by molar-refractivity contribution is 5.85. The first-order valence-corrected chi connectivity index (χ1v) is 11.4. The molecule has 0 fully saturated rings. The summed E-state index contributed by atoms with van der Waals surface area (Å²) in [5, 5.41) is 8.66. The topological polar surface area (TPSA) is 84.9 Å². The molecule has 0 saturated carbocycles. The molecule has 2 aromatic carbocycles. The molecule has 2 aromatic rings. The van der Waals surface area contributed by atoms with Crippen LogP contribution in [0.4, 0.5) is 0 Å². The molecule has 0 unspecified atom stereocenters. The van der Waals surface area contributed by atoms with Gasteiger partial charge in [0.2, 0.25) is 0 Å². The van der Waals surface area contributed by atoms with Crippen molar-refractivity contribution >= 4 is 11.7 Å². The van der Waals surface area contributed by atoms with Gasteiger partial charge >= 0.3 is 0 Å². The van der Waals surface area contributed by atoms with Gasteiger partial charge in [-0.05, 0) is 61.1 Å². The maximum absolute atomic E-state index is 12.2. The van der Waals surface area contributed by atoms with E-state index in [1.165, 1.54) is 11.1 Å². The zero-order valence-electron chi connectivity index (χ0n) is 20.9. The van der Waals surface area contributed by atoms with E-state index >= 15 is 0 Å². The Morgan fingerprint density at radius 3 is 1.67 bits per heavy atom. The highest BCUT2D eigenvalue weighted by atomic mass is 16.5. The van der Waals surface area contributed by atoms with Gasteiger partial charge in [0.05, 0.1) is 0 Å². The van der Waals surface area contributed by atoms with Crippen LogP contribution in [0.5, 0.6) is 11.5 Å². The van der Waals surface area contributed by atoms with Crippen LogP contribution in [0.25, 0.3) is 0 Å². The molecule has 0 aliphatic carbocycles. The fourth-order valence-corrected chi connectivity index (χ4v) is 3.99. The number of carbonyl (C=O) groups excluding carboxylic acids is 2. The summed E-state index contributed by atoms with van der Waals surface area (Å²) >= 11 is 0. The van der Waals surface area contributed by atoms with Gasteiger partial charge in [0, 0.05) is 10.8 Å². The van der Waals surface area contributed by atoms with Crippen LogP contribution in [-0.4, -0.2) is 30.1 Å². The van der Waals surface area contributed by atoms with E-state index in [1.54, 1.807) is 5.48 Å². The van der Waals surface area contributed by atoms with Crippen LogP contribution in [0.3, 0.4) is 0 Å². The lowest BCUT2D eigenvalue weighted by Gasteiger charge is -2.34. The summed E-state index contributed by atoms with van der Waals surface area (Å²) < 4.78 is 11.4. The molecule has 0 bridgehead atoms. The number of ether oxygens (including phenoxy) is 2. The van der Waals surface area contributed by atoms with Crippen molar-refractivity contribution < 1.29 is 24.3 Å². The fraction of sp³-hybridized carbons (Fsp3) is 0.481. The van der Waals surface area contributed by atoms with E-state index < -0.39 is 11.3 Å². The Hall–Kier alpha value is -2.86. The SMILES string of the molecule is CCC(CC)(c1ccc(OCC(=O)NO)c(C)c1)c1ccc(OCC(=O)C(C)(C)C)c(C)c1. The van der Waals surface area contributed by atoms with E-state index in [0.29, 0.717) is 5.75 Å². The number of benzene rings is 2. The molecule has 2 N–H and O–H groups in total. The zero-order chi connectivity index (χ0) is 24.8. The number of aryl methyl sites for hydroxylation is 2. The van der Waals surface area contributed by atoms with E-state index in [4.69, 9.17) is 14.7 Å². The number of nitrogens with one attached hydrogen (secondary N) is 1. The second-order valence-corrected chi connectivity index (χ2v) is 9.54. The van der Waals surface area contributed by atoms with Gasteiger partial charge in [-0.15, -0.1) is 0 Å². The van der Waals surface area contributed by atoms with Crippen molar-refractivity contribution in [2.24, 2.45) is 5.41 Å². The molecular weight excluding hydrogens is 418 g/mol. The molecule has 0 aromatic heterocycles. The van der Waals surface area contributed by atoms with Crippen molar-refractivity contribution in [1.82, 2.24) is 5.48 Å². The van der Waals surface area contributed by atoms with Gasteiger partial charge in [-0.25, -0.2) is 5.48 Å². The summed E-state index contributed by atoms with van der Waals surface area (Å²) in [7, 11) is 0. The van der Waals surface area contributed by atoms with E-state index in [9.17, 15) is 9.59 Å². The molecule has 180 valence electrons. The minimum atomic E-state index is -0.600. The van der Waals surface area contributed by atoms with Crippen LogP contribution in [0.2, 0.25) is 0 Å². The third-order valence-electron chi connectivity index (χ3n) is 6.34. The Balaban J connectivity index is 2.33. The summed E-state index contributed by atoms with van der Waals surface area (Å²) in [6.45, 7) is 13.8. The quantitative estimate of drug-likeness (QED) is 0.376. The smallest absolute Gasteiger partial charge is 0.281 e. The average Bonchev–Trinajstić information content (AvgIpc) is 2.78. The molecule has 0 atom stereocenters. The average molecular weight is 456 g/mol. The van der Waals surface area contributed by atoms with Gasteiger partial charge in [0.1, 0.15) is 18.1 Å². The molecule has 6 heteroatoms. The van der Waals surface area contributed by atoms with Crippen molar-refractivity contribution in [2.45, 2.75) is 66.7 Å². The molecule has 0 heterocycles. The highest BCUT2D eigenvalue weighted by Crippen LogP contribution is 2.41. The summed E-state index contributed by atoms with van der Waals surface area (Å²) in [6.07, 6.45) is 1.80. The first-order valence-electron chi connectivity index (χ1n) is 11.4. The highest BCUT2D eigenvalue weighted by Gasteiger charge is 2.32. The molecule has 0 aliphatic heterocycles. The number of hydroxylamine groups is 1. The van der Waals surface area contributed by atoms with Crippen molar-refractivity contribution in [3.63, 3.8) is 0 Å². The number of Topliss-reactive ketones (excluding diaryl/α,β-unsaturated/α-hetero) is 1. The van der Waals surface area contributed by atoms with Gasteiger partial charge in [-0.1, -0.05) is 58.9 Å². The van der Waals surface area contributed by atoms with Crippen LogP contribution in [0.1, 0.15) is 69.7 Å². The van der Waals surface area contributed by atoms with E-state index in [1.807, 2.05) is 52.8 Å². The van der Waals surface area contributed by atoms with E-state index in [2.05, 4.69) is 32.0 Å². The molecule has 1 amide bonds. The number of rotatable bonds is 10. The van der Waals surface area contributed by atoms with Crippen LogP contribution in [0.15, 0.2) is 36.4 Å². The van der Waals surface area contributed by atoms with Crippen LogP contribution < -0.4 is 15.0 Å². The first-order chi connectivity index (χ1) is 15.5. The first kappa shape index (κ1) is 26.4. The monoisotopic (exact) mass is 455 g/mol. The van der Waals surface area contributed by atoms with Gasteiger partial charge in [-0.3, -0.25) is 14.8 Å². The van der Waals surface area contributed by atoms with Gasteiger partial charge in [0.25, 0.3) is 5.91 Å². The van der Waals surface area contributed by atoms with Crippen LogP contribution in [0, 0.1) is 19.3 Å². The minimum Gasteiger partial charge on any atom is -0.486 e. The predicted molar refractivity (Wildman–Crippen MR) is 129 cm³/mol. The Bertz CT molecular complexity index is 986. The molecule has 6 nitrogen and oxygen atoms in total.